The fourth-order valence-electron chi connectivity index (χ4n) is 2.55. The molecule has 0 unspecified atom stereocenters. The molecule has 1 fully saturated rings. The summed E-state index contributed by atoms with van der Waals surface area (Å²) in [5, 5.41) is 5.40. The molecule has 1 aliphatic rings. The van der Waals surface area contributed by atoms with Gasteiger partial charge in [-0.2, -0.15) is 5.10 Å². The first kappa shape index (κ1) is 13.5. The third kappa shape index (κ3) is 2.96. The van der Waals surface area contributed by atoms with Crippen molar-refractivity contribution in [1.29, 1.82) is 0 Å². The summed E-state index contributed by atoms with van der Waals surface area (Å²) in [7, 11) is 0. The molecule has 2 aromatic heterocycles. The van der Waals surface area contributed by atoms with Gasteiger partial charge in [-0.1, -0.05) is 0 Å². The summed E-state index contributed by atoms with van der Waals surface area (Å²) < 4.78 is 1.59. The molecule has 0 aliphatic carbocycles. The third-order valence-electron chi connectivity index (χ3n) is 3.51. The van der Waals surface area contributed by atoms with Crippen LogP contribution in [0.4, 0.5) is 0 Å². The largest absolute Gasteiger partial charge is 0.297 e. The van der Waals surface area contributed by atoms with Crippen LogP contribution in [0.15, 0.2) is 23.1 Å². The minimum atomic E-state index is -0.00729. The van der Waals surface area contributed by atoms with Gasteiger partial charge in [0.15, 0.2) is 0 Å². The molecule has 0 bridgehead atoms. The standard InChI is InChI=1S/C14H18N4OS/c1-10-3-4-14(19)18(16-10)8-12-6-17(7-12)9-13-5-15-11(2)20-13/h3-5,12H,6-9H2,1-2H3. The second-order valence-corrected chi connectivity index (χ2v) is 6.72. The van der Waals surface area contributed by atoms with Gasteiger partial charge in [-0.05, 0) is 19.9 Å². The Morgan fingerprint density at radius 1 is 1.35 bits per heavy atom. The van der Waals surface area contributed by atoms with Gasteiger partial charge in [0.25, 0.3) is 5.56 Å². The van der Waals surface area contributed by atoms with Crippen molar-refractivity contribution in [1.82, 2.24) is 19.7 Å². The molecule has 0 spiro atoms. The molecule has 3 rings (SSSR count). The number of hydrogen-bond donors (Lipinski definition) is 0. The summed E-state index contributed by atoms with van der Waals surface area (Å²) in [5.74, 6) is 0.524. The van der Waals surface area contributed by atoms with Gasteiger partial charge in [-0.15, -0.1) is 11.3 Å². The Labute approximate surface area is 121 Å². The minimum absolute atomic E-state index is 0.00729. The van der Waals surface area contributed by atoms with Crippen molar-refractivity contribution in [2.24, 2.45) is 5.92 Å². The monoisotopic (exact) mass is 290 g/mol. The average Bonchev–Trinajstić information content (AvgIpc) is 2.76. The maximum absolute atomic E-state index is 11.7. The summed E-state index contributed by atoms with van der Waals surface area (Å²) in [6, 6.07) is 3.36. The average molecular weight is 290 g/mol. The zero-order valence-electron chi connectivity index (χ0n) is 11.7. The second-order valence-electron chi connectivity index (χ2n) is 5.40. The highest BCUT2D eigenvalue weighted by Crippen LogP contribution is 2.22. The van der Waals surface area contributed by atoms with E-state index < -0.39 is 0 Å². The smallest absolute Gasteiger partial charge is 0.266 e. The molecule has 0 aromatic carbocycles. The number of likely N-dealkylation sites (tertiary alicyclic amines) is 1. The summed E-state index contributed by atoms with van der Waals surface area (Å²) in [5.41, 5.74) is 0.882. The highest BCUT2D eigenvalue weighted by atomic mass is 32.1. The number of aromatic nitrogens is 3. The van der Waals surface area contributed by atoms with E-state index in [0.717, 1.165) is 36.9 Å². The zero-order valence-corrected chi connectivity index (χ0v) is 12.6. The van der Waals surface area contributed by atoms with Crippen LogP contribution in [0.1, 0.15) is 15.6 Å². The van der Waals surface area contributed by atoms with Gasteiger partial charge < -0.3 is 0 Å². The second kappa shape index (κ2) is 5.46. The van der Waals surface area contributed by atoms with Crippen molar-refractivity contribution in [3.63, 3.8) is 0 Å². The van der Waals surface area contributed by atoms with Crippen molar-refractivity contribution in [2.45, 2.75) is 26.9 Å². The predicted octanol–water partition coefficient (Wildman–Crippen LogP) is 1.45. The molecule has 6 heteroatoms. The van der Waals surface area contributed by atoms with E-state index in [1.165, 1.54) is 4.88 Å². The molecular formula is C14H18N4OS. The van der Waals surface area contributed by atoms with Crippen molar-refractivity contribution in [2.75, 3.05) is 13.1 Å². The molecule has 5 nitrogen and oxygen atoms in total. The van der Waals surface area contributed by atoms with Gasteiger partial charge in [0.05, 0.1) is 17.2 Å². The normalized spacial score (nSPS) is 16.3. The van der Waals surface area contributed by atoms with Gasteiger partial charge >= 0.3 is 0 Å². The van der Waals surface area contributed by atoms with Gasteiger partial charge in [-0.25, -0.2) is 9.67 Å². The predicted molar refractivity (Wildman–Crippen MR) is 78.9 cm³/mol. The van der Waals surface area contributed by atoms with Crippen molar-refractivity contribution in [3.8, 4) is 0 Å². The summed E-state index contributed by atoms with van der Waals surface area (Å²) in [6.45, 7) is 7.69. The number of thiazole rings is 1. The van der Waals surface area contributed by atoms with Crippen LogP contribution in [0.2, 0.25) is 0 Å². The van der Waals surface area contributed by atoms with E-state index in [2.05, 4.69) is 15.0 Å². The molecule has 1 saturated heterocycles. The minimum Gasteiger partial charge on any atom is -0.297 e. The van der Waals surface area contributed by atoms with Gasteiger partial charge in [0, 0.05) is 42.7 Å². The molecule has 20 heavy (non-hydrogen) atoms. The van der Waals surface area contributed by atoms with Crippen LogP contribution in [-0.2, 0) is 13.1 Å². The van der Waals surface area contributed by atoms with Crippen LogP contribution in [0.3, 0.4) is 0 Å². The Morgan fingerprint density at radius 2 is 2.15 bits per heavy atom. The van der Waals surface area contributed by atoms with Crippen LogP contribution in [-0.4, -0.2) is 32.8 Å². The van der Waals surface area contributed by atoms with Gasteiger partial charge in [0.1, 0.15) is 0 Å². The Bertz CT molecular complexity index is 657. The van der Waals surface area contributed by atoms with Crippen LogP contribution < -0.4 is 5.56 Å². The van der Waals surface area contributed by atoms with Crippen molar-refractivity contribution < 1.29 is 0 Å². The van der Waals surface area contributed by atoms with Crippen LogP contribution in [0, 0.1) is 19.8 Å². The van der Waals surface area contributed by atoms with Crippen LogP contribution in [0.25, 0.3) is 0 Å². The lowest BCUT2D eigenvalue weighted by atomic mass is 10.0. The Balaban J connectivity index is 1.53. The van der Waals surface area contributed by atoms with Gasteiger partial charge in [0.2, 0.25) is 0 Å². The first-order chi connectivity index (χ1) is 9.60. The van der Waals surface area contributed by atoms with E-state index in [9.17, 15) is 4.79 Å². The molecule has 0 atom stereocenters. The van der Waals surface area contributed by atoms with Crippen LogP contribution in [0.5, 0.6) is 0 Å². The molecule has 0 N–H and O–H groups in total. The SMILES string of the molecule is Cc1ccc(=O)n(CC2CN(Cc3cnc(C)s3)C2)n1. The summed E-state index contributed by atoms with van der Waals surface area (Å²) in [6.07, 6.45) is 1.96. The Hall–Kier alpha value is -1.53. The first-order valence-electron chi connectivity index (χ1n) is 6.78. The van der Waals surface area contributed by atoms with E-state index in [-0.39, 0.29) is 5.56 Å². The lowest BCUT2D eigenvalue weighted by Gasteiger charge is -2.38. The lowest BCUT2D eigenvalue weighted by Crippen LogP contribution is -2.48. The molecule has 1 aliphatic heterocycles. The van der Waals surface area contributed by atoms with E-state index in [4.69, 9.17) is 0 Å². The topological polar surface area (TPSA) is 51.0 Å². The zero-order chi connectivity index (χ0) is 14.1. The number of aryl methyl sites for hydroxylation is 2. The highest BCUT2D eigenvalue weighted by molar-refractivity contribution is 7.11. The third-order valence-corrected chi connectivity index (χ3v) is 4.41. The maximum Gasteiger partial charge on any atom is 0.266 e. The number of hydrogen-bond acceptors (Lipinski definition) is 5. The lowest BCUT2D eigenvalue weighted by molar-refractivity contribution is 0.0775. The number of nitrogens with zero attached hydrogens (tertiary/aromatic N) is 4. The van der Waals surface area contributed by atoms with Gasteiger partial charge in [-0.3, -0.25) is 9.69 Å². The highest BCUT2D eigenvalue weighted by Gasteiger charge is 2.27. The summed E-state index contributed by atoms with van der Waals surface area (Å²) >= 11 is 1.75. The first-order valence-corrected chi connectivity index (χ1v) is 7.60. The van der Waals surface area contributed by atoms with E-state index >= 15 is 0 Å². The molecule has 0 saturated carbocycles. The molecule has 106 valence electrons. The van der Waals surface area contributed by atoms with E-state index in [0.29, 0.717) is 5.92 Å². The number of rotatable bonds is 4. The quantitative estimate of drug-likeness (QED) is 0.855. The molecule has 0 radical (unpaired) electrons. The fourth-order valence-corrected chi connectivity index (χ4v) is 3.38. The summed E-state index contributed by atoms with van der Waals surface area (Å²) in [4.78, 5) is 19.7. The van der Waals surface area contributed by atoms with E-state index in [1.807, 2.05) is 20.0 Å². The molecule has 0 amide bonds. The fraction of sp³-hybridized carbons (Fsp3) is 0.500. The van der Waals surface area contributed by atoms with Crippen molar-refractivity contribution >= 4 is 11.3 Å². The Kier molecular flexibility index (Phi) is 3.67. The van der Waals surface area contributed by atoms with E-state index in [1.54, 1.807) is 28.2 Å². The maximum atomic E-state index is 11.7. The molecular weight excluding hydrogens is 272 g/mol. The Morgan fingerprint density at radius 3 is 2.85 bits per heavy atom. The molecule has 2 aromatic rings. The van der Waals surface area contributed by atoms with Crippen molar-refractivity contribution in [3.05, 3.63) is 44.3 Å². The van der Waals surface area contributed by atoms with Crippen LogP contribution >= 0.6 is 11.3 Å². The molecule has 3 heterocycles.